The van der Waals surface area contributed by atoms with Crippen molar-refractivity contribution in [2.45, 2.75) is 38.5 Å². The molecular formula is C27H35FN4O3. The Morgan fingerprint density at radius 1 is 1.11 bits per heavy atom. The molecule has 0 saturated carbocycles. The second-order valence-electron chi connectivity index (χ2n) is 8.70. The average Bonchev–Trinajstić information content (AvgIpc) is 2.86. The number of amides is 1. The lowest BCUT2D eigenvalue weighted by molar-refractivity contribution is -0.120. The first-order chi connectivity index (χ1) is 16.9. The summed E-state index contributed by atoms with van der Waals surface area (Å²) in [5, 5.41) is 3.51. The number of fused-ring (bicyclic) bond motifs is 1. The van der Waals surface area contributed by atoms with Crippen LogP contribution >= 0.6 is 0 Å². The highest BCUT2D eigenvalue weighted by Crippen LogP contribution is 2.34. The van der Waals surface area contributed by atoms with Crippen LogP contribution in [-0.4, -0.2) is 38.2 Å². The van der Waals surface area contributed by atoms with Gasteiger partial charge < -0.3 is 26.3 Å². The number of hydrogen-bond donors (Lipinski definition) is 3. The first-order valence-corrected chi connectivity index (χ1v) is 12.0. The van der Waals surface area contributed by atoms with Gasteiger partial charge in [-0.3, -0.25) is 9.78 Å². The number of benzene rings is 2. The number of rotatable bonds is 13. The fraction of sp³-hybridized carbons (Fsp3) is 0.407. The minimum Gasteiger partial charge on any atom is -0.493 e. The van der Waals surface area contributed by atoms with Crippen LogP contribution in [0, 0.1) is 11.7 Å². The van der Waals surface area contributed by atoms with Crippen molar-refractivity contribution in [2.24, 2.45) is 11.7 Å². The zero-order valence-electron chi connectivity index (χ0n) is 20.5. The molecule has 1 atom stereocenters. The molecule has 0 aliphatic rings. The van der Waals surface area contributed by atoms with Gasteiger partial charge in [0.05, 0.1) is 19.2 Å². The zero-order valence-corrected chi connectivity index (χ0v) is 20.5. The van der Waals surface area contributed by atoms with E-state index in [2.05, 4.69) is 10.3 Å². The molecule has 0 radical (unpaired) electrons. The molecule has 0 fully saturated rings. The molecule has 0 saturated heterocycles. The smallest absolute Gasteiger partial charge is 0.219 e. The van der Waals surface area contributed by atoms with Gasteiger partial charge in [0.15, 0.2) is 11.5 Å². The number of carbonyl (C=O) groups excluding carboxylic acids is 1. The van der Waals surface area contributed by atoms with Gasteiger partial charge in [0.1, 0.15) is 5.82 Å². The topological polar surface area (TPSA) is 112 Å². The molecule has 0 aliphatic heterocycles. The largest absolute Gasteiger partial charge is 0.493 e. The molecule has 5 N–H and O–H groups in total. The molecule has 3 aromatic rings. The van der Waals surface area contributed by atoms with Crippen molar-refractivity contribution in [1.82, 2.24) is 10.3 Å². The van der Waals surface area contributed by atoms with E-state index in [-0.39, 0.29) is 17.6 Å². The van der Waals surface area contributed by atoms with E-state index in [1.807, 2.05) is 18.2 Å². The number of ether oxygens (including phenoxy) is 2. The Kier molecular flexibility index (Phi) is 9.66. The van der Waals surface area contributed by atoms with Crippen LogP contribution in [0.1, 0.15) is 43.2 Å². The summed E-state index contributed by atoms with van der Waals surface area (Å²) < 4.78 is 26.1. The van der Waals surface area contributed by atoms with E-state index in [4.69, 9.17) is 20.9 Å². The summed E-state index contributed by atoms with van der Waals surface area (Å²) >= 11 is 0. The Morgan fingerprint density at radius 2 is 1.94 bits per heavy atom. The van der Waals surface area contributed by atoms with Crippen molar-refractivity contribution in [3.05, 3.63) is 59.5 Å². The summed E-state index contributed by atoms with van der Waals surface area (Å²) in [7, 11) is 3.25. The number of unbranched alkanes of at least 4 members (excludes halogenated alkanes) is 2. The van der Waals surface area contributed by atoms with E-state index < -0.39 is 0 Å². The summed E-state index contributed by atoms with van der Waals surface area (Å²) in [6, 6.07) is 10.4. The molecule has 0 bridgehead atoms. The second-order valence-corrected chi connectivity index (χ2v) is 8.70. The highest BCUT2D eigenvalue weighted by molar-refractivity contribution is 5.86. The minimum atomic E-state index is -0.330. The van der Waals surface area contributed by atoms with Crippen LogP contribution in [-0.2, 0) is 11.2 Å². The maximum atomic E-state index is 14.4. The van der Waals surface area contributed by atoms with Crippen molar-refractivity contribution in [3.8, 4) is 11.5 Å². The molecule has 1 aromatic heterocycles. The fourth-order valence-electron chi connectivity index (χ4n) is 4.05. The Labute approximate surface area is 206 Å². The van der Waals surface area contributed by atoms with Gasteiger partial charge in [-0.25, -0.2) is 4.39 Å². The second kappa shape index (κ2) is 12.9. The number of halogens is 1. The number of anilines is 1. The third kappa shape index (κ3) is 7.29. The highest BCUT2D eigenvalue weighted by atomic mass is 19.1. The van der Waals surface area contributed by atoms with Crippen LogP contribution in [0.25, 0.3) is 10.9 Å². The van der Waals surface area contributed by atoms with Crippen LogP contribution in [0.15, 0.2) is 42.6 Å². The Morgan fingerprint density at radius 3 is 2.66 bits per heavy atom. The van der Waals surface area contributed by atoms with Gasteiger partial charge in [-0.15, -0.1) is 0 Å². The van der Waals surface area contributed by atoms with Gasteiger partial charge in [0, 0.05) is 49.1 Å². The van der Waals surface area contributed by atoms with Crippen LogP contribution in [0.5, 0.6) is 11.5 Å². The highest BCUT2D eigenvalue weighted by Gasteiger charge is 2.15. The molecule has 8 heteroatoms. The predicted molar refractivity (Wildman–Crippen MR) is 137 cm³/mol. The number of pyridine rings is 1. The molecule has 35 heavy (non-hydrogen) atoms. The number of methoxy groups -OCH3 is 1. The normalized spacial score (nSPS) is 11.9. The third-order valence-electron chi connectivity index (χ3n) is 6.18. The predicted octanol–water partition coefficient (Wildman–Crippen LogP) is 4.21. The van der Waals surface area contributed by atoms with Crippen LogP contribution < -0.4 is 26.3 Å². The molecule has 7 nitrogen and oxygen atoms in total. The van der Waals surface area contributed by atoms with Gasteiger partial charge in [0.25, 0.3) is 0 Å². The minimum absolute atomic E-state index is 0.0717. The summed E-state index contributed by atoms with van der Waals surface area (Å²) in [4.78, 5) is 15.8. The van der Waals surface area contributed by atoms with Crippen molar-refractivity contribution in [1.29, 1.82) is 0 Å². The quantitative estimate of drug-likeness (QED) is 0.249. The molecule has 3 rings (SSSR count). The summed E-state index contributed by atoms with van der Waals surface area (Å²) in [6.07, 6.45) is 6.43. The fourth-order valence-corrected chi connectivity index (χ4v) is 4.05. The molecule has 0 spiro atoms. The van der Waals surface area contributed by atoms with Crippen molar-refractivity contribution in [3.63, 3.8) is 0 Å². The average molecular weight is 483 g/mol. The first kappa shape index (κ1) is 26.2. The number of carbonyl (C=O) groups is 1. The molecular weight excluding hydrogens is 447 g/mol. The van der Waals surface area contributed by atoms with Crippen LogP contribution in [0.2, 0.25) is 0 Å². The Hall–Kier alpha value is -3.39. The Balaban J connectivity index is 1.68. The standard InChI is InChI=1S/C27H35FN4O3/c1-31-27(33)7-5-3-4-6-18(16-29)17-35-26-15-24-22(14-25(26)34-2)19(10-11-32-24)12-20-8-9-21(30)13-23(20)28/h8-11,13-15,18H,3-7,12,16-17,29-30H2,1-2H3,(H,31,33). The number of nitrogens with zero attached hydrogens (tertiary/aromatic N) is 1. The molecule has 2 aromatic carbocycles. The number of nitrogens with two attached hydrogens (primary N) is 2. The van der Waals surface area contributed by atoms with Gasteiger partial charge in [-0.2, -0.15) is 0 Å². The van der Waals surface area contributed by atoms with Crippen molar-refractivity contribution >= 4 is 22.5 Å². The molecule has 1 amide bonds. The number of aromatic nitrogens is 1. The zero-order chi connectivity index (χ0) is 25.2. The lowest BCUT2D eigenvalue weighted by Crippen LogP contribution is -2.22. The van der Waals surface area contributed by atoms with Gasteiger partial charge in [-0.05, 0) is 54.8 Å². The van der Waals surface area contributed by atoms with E-state index in [0.29, 0.717) is 48.7 Å². The van der Waals surface area contributed by atoms with E-state index in [1.165, 1.54) is 6.07 Å². The Bertz CT molecular complexity index is 1140. The number of nitrogens with one attached hydrogen (secondary N) is 1. The van der Waals surface area contributed by atoms with Crippen molar-refractivity contribution < 1.29 is 18.7 Å². The number of hydrogen-bond acceptors (Lipinski definition) is 6. The van der Waals surface area contributed by atoms with Crippen LogP contribution in [0.4, 0.5) is 10.1 Å². The van der Waals surface area contributed by atoms with Crippen molar-refractivity contribution in [2.75, 3.05) is 33.0 Å². The monoisotopic (exact) mass is 482 g/mol. The summed E-state index contributed by atoms with van der Waals surface area (Å²) in [6.45, 7) is 0.977. The lowest BCUT2D eigenvalue weighted by Gasteiger charge is -2.18. The molecule has 188 valence electrons. The van der Waals surface area contributed by atoms with E-state index in [0.717, 1.165) is 42.1 Å². The van der Waals surface area contributed by atoms with Gasteiger partial charge in [-0.1, -0.05) is 18.9 Å². The van der Waals surface area contributed by atoms with Gasteiger partial charge >= 0.3 is 0 Å². The number of nitrogen functional groups attached to an aromatic ring is 1. The summed E-state index contributed by atoms with van der Waals surface area (Å²) in [5.41, 5.74) is 14.3. The maximum absolute atomic E-state index is 14.4. The lowest BCUT2D eigenvalue weighted by atomic mass is 10.00. The molecule has 0 aliphatic carbocycles. The van der Waals surface area contributed by atoms with E-state index in [1.54, 1.807) is 32.5 Å². The maximum Gasteiger partial charge on any atom is 0.219 e. The molecule has 1 unspecified atom stereocenters. The van der Waals surface area contributed by atoms with Crippen LogP contribution in [0.3, 0.4) is 0 Å². The SMILES string of the molecule is CNC(=O)CCCCCC(CN)COc1cc2nccc(Cc3ccc(N)cc3F)c2cc1OC. The van der Waals surface area contributed by atoms with Gasteiger partial charge in [0.2, 0.25) is 5.91 Å². The third-order valence-corrected chi connectivity index (χ3v) is 6.18. The first-order valence-electron chi connectivity index (χ1n) is 12.0. The van der Waals surface area contributed by atoms with E-state index in [9.17, 15) is 9.18 Å². The molecule has 1 heterocycles. The van der Waals surface area contributed by atoms with E-state index >= 15 is 0 Å². The summed E-state index contributed by atoms with van der Waals surface area (Å²) in [5.74, 6) is 1.13.